The number of benzene rings is 1. The zero-order chi connectivity index (χ0) is 15.6. The molecule has 1 atom stereocenters. The van der Waals surface area contributed by atoms with Crippen LogP contribution in [-0.4, -0.2) is 21.3 Å². The number of methoxy groups -OCH3 is 3. The van der Waals surface area contributed by atoms with Gasteiger partial charge in [-0.1, -0.05) is 11.6 Å². The first kappa shape index (κ1) is 16.4. The highest BCUT2D eigenvalue weighted by Crippen LogP contribution is 2.42. The van der Waals surface area contributed by atoms with Gasteiger partial charge in [0.15, 0.2) is 11.5 Å². The number of halogens is 2. The third-order valence-corrected chi connectivity index (χ3v) is 5.57. The summed E-state index contributed by atoms with van der Waals surface area (Å²) in [7, 11) is 4.71. The Morgan fingerprint density at radius 1 is 1.10 bits per heavy atom. The number of rotatable bonds is 5. The van der Waals surface area contributed by atoms with E-state index in [0.29, 0.717) is 21.6 Å². The van der Waals surface area contributed by atoms with E-state index in [9.17, 15) is 0 Å². The number of thiophene rings is 1. The molecule has 0 aliphatic carbocycles. The van der Waals surface area contributed by atoms with Gasteiger partial charge in [0.05, 0.1) is 27.4 Å². The first-order valence-corrected chi connectivity index (χ1v) is 8.00. The van der Waals surface area contributed by atoms with Gasteiger partial charge < -0.3 is 19.9 Å². The molecule has 1 unspecified atom stereocenters. The molecule has 2 N–H and O–H groups in total. The molecule has 7 heteroatoms. The van der Waals surface area contributed by atoms with E-state index in [1.807, 2.05) is 18.2 Å². The fraction of sp³-hybridized carbons (Fsp3) is 0.286. The van der Waals surface area contributed by atoms with Gasteiger partial charge in [-0.05, 0) is 39.7 Å². The van der Waals surface area contributed by atoms with Crippen molar-refractivity contribution in [2.75, 3.05) is 21.3 Å². The summed E-state index contributed by atoms with van der Waals surface area (Å²) < 4.78 is 17.5. The zero-order valence-electron chi connectivity index (χ0n) is 11.8. The van der Waals surface area contributed by atoms with Crippen molar-refractivity contribution in [3.05, 3.63) is 37.4 Å². The molecule has 0 amide bonds. The molecular weight excluding hydrogens is 378 g/mol. The lowest BCUT2D eigenvalue weighted by molar-refractivity contribution is 0.323. The van der Waals surface area contributed by atoms with E-state index < -0.39 is 0 Å². The molecule has 0 bridgehead atoms. The minimum atomic E-state index is -0.326. The minimum absolute atomic E-state index is 0.326. The summed E-state index contributed by atoms with van der Waals surface area (Å²) in [5, 5.41) is 0. The summed E-state index contributed by atoms with van der Waals surface area (Å²) >= 11 is 10.9. The Balaban J connectivity index is 2.48. The van der Waals surface area contributed by atoms with Crippen molar-refractivity contribution in [1.29, 1.82) is 0 Å². The van der Waals surface area contributed by atoms with E-state index in [0.717, 1.165) is 14.9 Å². The van der Waals surface area contributed by atoms with Crippen molar-refractivity contribution < 1.29 is 14.2 Å². The van der Waals surface area contributed by atoms with Crippen LogP contribution in [0.1, 0.15) is 16.5 Å². The molecule has 2 rings (SSSR count). The highest BCUT2D eigenvalue weighted by molar-refractivity contribution is 9.10. The van der Waals surface area contributed by atoms with Crippen LogP contribution in [-0.2, 0) is 0 Å². The monoisotopic (exact) mass is 391 g/mol. The van der Waals surface area contributed by atoms with Crippen LogP contribution in [0.25, 0.3) is 0 Å². The molecule has 0 fully saturated rings. The molecule has 1 aromatic carbocycles. The predicted molar refractivity (Wildman–Crippen MR) is 89.2 cm³/mol. The van der Waals surface area contributed by atoms with Gasteiger partial charge in [-0.25, -0.2) is 0 Å². The molecule has 0 saturated heterocycles. The Kier molecular flexibility index (Phi) is 5.37. The highest BCUT2D eigenvalue weighted by Gasteiger charge is 2.19. The normalized spacial score (nSPS) is 12.1. The molecule has 0 saturated carbocycles. The molecular formula is C14H15BrClNO3S. The molecule has 0 spiro atoms. The molecule has 1 aromatic heterocycles. The third-order valence-electron chi connectivity index (χ3n) is 3.02. The quantitative estimate of drug-likeness (QED) is 0.827. The molecule has 1 heterocycles. The SMILES string of the molecule is COc1cc(C(N)c2cc(Br)c(Cl)s2)cc(OC)c1OC. The second kappa shape index (κ2) is 6.87. The smallest absolute Gasteiger partial charge is 0.203 e. The average molecular weight is 393 g/mol. The Hall–Kier alpha value is -0.950. The van der Waals surface area contributed by atoms with Crippen molar-refractivity contribution in [1.82, 2.24) is 0 Å². The summed E-state index contributed by atoms with van der Waals surface area (Å²) in [6, 6.07) is 5.27. The van der Waals surface area contributed by atoms with Crippen LogP contribution in [0.3, 0.4) is 0 Å². The minimum Gasteiger partial charge on any atom is -0.493 e. The van der Waals surface area contributed by atoms with Crippen molar-refractivity contribution in [2.45, 2.75) is 6.04 Å². The van der Waals surface area contributed by atoms with E-state index in [2.05, 4.69) is 15.9 Å². The Bertz CT molecular complexity index is 603. The molecule has 0 aliphatic heterocycles. The highest BCUT2D eigenvalue weighted by atomic mass is 79.9. The van der Waals surface area contributed by atoms with Gasteiger partial charge in [0.25, 0.3) is 0 Å². The standard InChI is InChI=1S/C14H15BrClNO3S/c1-18-9-4-7(5-10(19-2)13(9)20-3)12(17)11-6-8(15)14(16)21-11/h4-6,12H,17H2,1-3H3. The first-order valence-electron chi connectivity index (χ1n) is 6.02. The Morgan fingerprint density at radius 2 is 1.67 bits per heavy atom. The number of hydrogen-bond donors (Lipinski definition) is 1. The Labute approximate surface area is 140 Å². The van der Waals surface area contributed by atoms with Gasteiger partial charge in [0.2, 0.25) is 5.75 Å². The van der Waals surface area contributed by atoms with Gasteiger partial charge in [-0.15, -0.1) is 11.3 Å². The van der Waals surface area contributed by atoms with Crippen LogP contribution in [0.4, 0.5) is 0 Å². The zero-order valence-corrected chi connectivity index (χ0v) is 14.9. The van der Waals surface area contributed by atoms with Crippen molar-refractivity contribution in [2.24, 2.45) is 5.73 Å². The maximum absolute atomic E-state index is 6.32. The largest absolute Gasteiger partial charge is 0.493 e. The van der Waals surface area contributed by atoms with E-state index in [-0.39, 0.29) is 6.04 Å². The maximum atomic E-state index is 6.32. The summed E-state index contributed by atoms with van der Waals surface area (Å²) in [5.41, 5.74) is 7.17. The lowest BCUT2D eigenvalue weighted by Gasteiger charge is -2.17. The number of nitrogens with two attached hydrogens (primary N) is 1. The number of hydrogen-bond acceptors (Lipinski definition) is 5. The molecule has 0 aliphatic rings. The lowest BCUT2D eigenvalue weighted by atomic mass is 10.0. The van der Waals surface area contributed by atoms with Gasteiger partial charge >= 0.3 is 0 Å². The summed E-state index contributed by atoms with van der Waals surface area (Å²) in [4.78, 5) is 0.946. The van der Waals surface area contributed by atoms with Crippen LogP contribution < -0.4 is 19.9 Å². The van der Waals surface area contributed by atoms with E-state index in [1.165, 1.54) is 11.3 Å². The van der Waals surface area contributed by atoms with Crippen LogP contribution >= 0.6 is 38.9 Å². The van der Waals surface area contributed by atoms with Gasteiger partial charge in [0, 0.05) is 9.35 Å². The first-order chi connectivity index (χ1) is 10.0. The summed E-state index contributed by atoms with van der Waals surface area (Å²) in [5.74, 6) is 1.69. The molecule has 2 aromatic rings. The molecule has 114 valence electrons. The summed E-state index contributed by atoms with van der Waals surface area (Å²) in [6.07, 6.45) is 0. The molecule has 21 heavy (non-hydrogen) atoms. The van der Waals surface area contributed by atoms with E-state index in [1.54, 1.807) is 21.3 Å². The van der Waals surface area contributed by atoms with Crippen LogP contribution in [0.5, 0.6) is 17.2 Å². The van der Waals surface area contributed by atoms with Crippen molar-refractivity contribution in [3.63, 3.8) is 0 Å². The van der Waals surface area contributed by atoms with E-state index in [4.69, 9.17) is 31.5 Å². The third kappa shape index (κ3) is 3.29. The van der Waals surface area contributed by atoms with Crippen molar-refractivity contribution in [3.8, 4) is 17.2 Å². The number of ether oxygens (including phenoxy) is 3. The average Bonchev–Trinajstić information content (AvgIpc) is 2.84. The topological polar surface area (TPSA) is 53.7 Å². The molecule has 0 radical (unpaired) electrons. The van der Waals surface area contributed by atoms with E-state index >= 15 is 0 Å². The van der Waals surface area contributed by atoms with Gasteiger partial charge in [-0.2, -0.15) is 0 Å². The fourth-order valence-corrected chi connectivity index (χ4v) is 3.73. The fourth-order valence-electron chi connectivity index (χ4n) is 1.96. The Morgan fingerprint density at radius 3 is 2.05 bits per heavy atom. The van der Waals surface area contributed by atoms with Gasteiger partial charge in [0.1, 0.15) is 4.34 Å². The molecule has 4 nitrogen and oxygen atoms in total. The van der Waals surface area contributed by atoms with Crippen molar-refractivity contribution >= 4 is 38.9 Å². The predicted octanol–water partition coefficient (Wildman–Crippen LogP) is 4.24. The second-order valence-electron chi connectivity index (χ2n) is 4.21. The van der Waals surface area contributed by atoms with Crippen LogP contribution in [0, 0.1) is 0 Å². The lowest BCUT2D eigenvalue weighted by Crippen LogP contribution is -2.11. The van der Waals surface area contributed by atoms with Crippen LogP contribution in [0.15, 0.2) is 22.7 Å². The van der Waals surface area contributed by atoms with Crippen LogP contribution in [0.2, 0.25) is 4.34 Å². The van der Waals surface area contributed by atoms with Gasteiger partial charge in [-0.3, -0.25) is 0 Å². The summed E-state index contributed by atoms with van der Waals surface area (Å²) in [6.45, 7) is 0. The second-order valence-corrected chi connectivity index (χ2v) is 6.75. The maximum Gasteiger partial charge on any atom is 0.203 e.